The van der Waals surface area contributed by atoms with E-state index in [9.17, 15) is 4.79 Å². The number of benzene rings is 2. The summed E-state index contributed by atoms with van der Waals surface area (Å²) in [4.78, 5) is 12.2. The van der Waals surface area contributed by atoms with Gasteiger partial charge in [-0.15, -0.1) is 0 Å². The van der Waals surface area contributed by atoms with E-state index in [1.807, 2.05) is 13.0 Å². The molecule has 0 spiro atoms. The second-order valence-corrected chi connectivity index (χ2v) is 5.88. The normalized spacial score (nSPS) is 10.3. The SMILES string of the molecule is CCOc1ccc(C(=O)NCCc2ccc(Cl)cc2Cl)cc1OC. The fourth-order valence-corrected chi connectivity index (χ4v) is 2.72. The van der Waals surface area contributed by atoms with Gasteiger partial charge in [-0.3, -0.25) is 4.79 Å². The fourth-order valence-electron chi connectivity index (χ4n) is 2.22. The molecule has 24 heavy (non-hydrogen) atoms. The van der Waals surface area contributed by atoms with Gasteiger partial charge in [-0.1, -0.05) is 29.3 Å². The molecule has 0 unspecified atom stereocenters. The first-order valence-corrected chi connectivity index (χ1v) is 8.33. The molecule has 0 aromatic heterocycles. The van der Waals surface area contributed by atoms with Gasteiger partial charge in [0.05, 0.1) is 13.7 Å². The highest BCUT2D eigenvalue weighted by Crippen LogP contribution is 2.28. The van der Waals surface area contributed by atoms with E-state index in [-0.39, 0.29) is 5.91 Å². The van der Waals surface area contributed by atoms with Crippen molar-refractivity contribution in [3.63, 3.8) is 0 Å². The average molecular weight is 368 g/mol. The number of amides is 1. The lowest BCUT2D eigenvalue weighted by Gasteiger charge is -2.11. The van der Waals surface area contributed by atoms with Crippen LogP contribution in [0.1, 0.15) is 22.8 Å². The van der Waals surface area contributed by atoms with Crippen molar-refractivity contribution in [3.8, 4) is 11.5 Å². The summed E-state index contributed by atoms with van der Waals surface area (Å²) in [7, 11) is 1.54. The molecule has 128 valence electrons. The van der Waals surface area contributed by atoms with Crippen LogP contribution >= 0.6 is 23.2 Å². The van der Waals surface area contributed by atoms with Gasteiger partial charge < -0.3 is 14.8 Å². The number of methoxy groups -OCH3 is 1. The first kappa shape index (κ1) is 18.4. The number of ether oxygens (including phenoxy) is 2. The van der Waals surface area contributed by atoms with Crippen LogP contribution in [0.5, 0.6) is 11.5 Å². The van der Waals surface area contributed by atoms with Crippen LogP contribution in [0.25, 0.3) is 0 Å². The zero-order valence-corrected chi connectivity index (χ0v) is 15.1. The predicted octanol–water partition coefficient (Wildman–Crippen LogP) is 4.37. The number of rotatable bonds is 7. The van der Waals surface area contributed by atoms with Gasteiger partial charge in [0.2, 0.25) is 0 Å². The van der Waals surface area contributed by atoms with Crippen molar-refractivity contribution >= 4 is 29.1 Å². The van der Waals surface area contributed by atoms with Crippen molar-refractivity contribution in [2.24, 2.45) is 0 Å². The Balaban J connectivity index is 1.97. The zero-order chi connectivity index (χ0) is 17.5. The number of carbonyl (C=O) groups is 1. The van der Waals surface area contributed by atoms with E-state index in [0.717, 1.165) is 5.56 Å². The monoisotopic (exact) mass is 367 g/mol. The second-order valence-electron chi connectivity index (χ2n) is 5.04. The zero-order valence-electron chi connectivity index (χ0n) is 13.6. The molecule has 2 aromatic carbocycles. The third-order valence-electron chi connectivity index (χ3n) is 3.42. The van der Waals surface area contributed by atoms with Gasteiger partial charge in [0, 0.05) is 22.2 Å². The molecule has 2 aromatic rings. The summed E-state index contributed by atoms with van der Waals surface area (Å²) < 4.78 is 10.7. The van der Waals surface area contributed by atoms with Crippen molar-refractivity contribution < 1.29 is 14.3 Å². The Morgan fingerprint density at radius 3 is 2.58 bits per heavy atom. The summed E-state index contributed by atoms with van der Waals surface area (Å²) in [6.07, 6.45) is 0.621. The van der Waals surface area contributed by atoms with Crippen molar-refractivity contribution in [2.45, 2.75) is 13.3 Å². The lowest BCUT2D eigenvalue weighted by molar-refractivity contribution is 0.0953. The second kappa shape index (κ2) is 8.81. The van der Waals surface area contributed by atoms with Gasteiger partial charge in [-0.25, -0.2) is 0 Å². The van der Waals surface area contributed by atoms with E-state index >= 15 is 0 Å². The number of hydrogen-bond acceptors (Lipinski definition) is 3. The van der Waals surface area contributed by atoms with Crippen LogP contribution < -0.4 is 14.8 Å². The molecule has 6 heteroatoms. The molecule has 0 saturated heterocycles. The van der Waals surface area contributed by atoms with Crippen molar-refractivity contribution in [3.05, 3.63) is 57.6 Å². The standard InChI is InChI=1S/C18H19Cl2NO3/c1-3-24-16-7-5-13(10-17(16)23-2)18(22)21-9-8-12-4-6-14(19)11-15(12)20/h4-7,10-11H,3,8-9H2,1-2H3,(H,21,22). The van der Waals surface area contributed by atoms with Crippen molar-refractivity contribution in [1.29, 1.82) is 0 Å². The maximum atomic E-state index is 12.2. The van der Waals surface area contributed by atoms with Crippen LogP contribution in [0.3, 0.4) is 0 Å². The smallest absolute Gasteiger partial charge is 0.251 e. The molecule has 0 fully saturated rings. The minimum absolute atomic E-state index is 0.179. The Kier molecular flexibility index (Phi) is 6.76. The maximum absolute atomic E-state index is 12.2. The molecular formula is C18H19Cl2NO3. The van der Waals surface area contributed by atoms with E-state index in [2.05, 4.69) is 5.32 Å². The molecule has 1 amide bonds. The third-order valence-corrected chi connectivity index (χ3v) is 4.01. The Bertz CT molecular complexity index is 719. The van der Waals surface area contributed by atoms with E-state index in [4.69, 9.17) is 32.7 Å². The van der Waals surface area contributed by atoms with Crippen LogP contribution in [0.2, 0.25) is 10.0 Å². The maximum Gasteiger partial charge on any atom is 0.251 e. The van der Waals surface area contributed by atoms with Gasteiger partial charge in [-0.05, 0) is 49.2 Å². The van der Waals surface area contributed by atoms with Crippen molar-refractivity contribution in [1.82, 2.24) is 5.32 Å². The number of halogens is 2. The molecule has 0 bridgehead atoms. The number of nitrogens with one attached hydrogen (secondary N) is 1. The molecule has 2 rings (SSSR count). The highest BCUT2D eigenvalue weighted by Gasteiger charge is 2.11. The number of hydrogen-bond donors (Lipinski definition) is 1. The summed E-state index contributed by atoms with van der Waals surface area (Å²) in [6, 6.07) is 10.4. The molecule has 4 nitrogen and oxygen atoms in total. The fraction of sp³-hybridized carbons (Fsp3) is 0.278. The van der Waals surface area contributed by atoms with Gasteiger partial charge in [0.1, 0.15) is 0 Å². The highest BCUT2D eigenvalue weighted by atomic mass is 35.5. The summed E-state index contributed by atoms with van der Waals surface area (Å²) in [5, 5.41) is 4.05. The Morgan fingerprint density at radius 2 is 1.92 bits per heavy atom. The molecule has 0 saturated carbocycles. The first-order chi connectivity index (χ1) is 11.5. The Morgan fingerprint density at radius 1 is 1.12 bits per heavy atom. The molecule has 0 heterocycles. The van der Waals surface area contributed by atoms with Crippen LogP contribution in [0, 0.1) is 0 Å². The summed E-state index contributed by atoms with van der Waals surface area (Å²) in [5.74, 6) is 0.969. The quantitative estimate of drug-likeness (QED) is 0.789. The summed E-state index contributed by atoms with van der Waals surface area (Å²) in [6.45, 7) is 2.89. The van der Waals surface area contributed by atoms with Crippen LogP contribution in [-0.2, 0) is 6.42 Å². The van der Waals surface area contributed by atoms with E-state index < -0.39 is 0 Å². The molecule has 1 N–H and O–H groups in total. The largest absolute Gasteiger partial charge is 0.493 e. The van der Waals surface area contributed by atoms with E-state index in [0.29, 0.717) is 46.7 Å². The summed E-state index contributed by atoms with van der Waals surface area (Å²) >= 11 is 12.0. The highest BCUT2D eigenvalue weighted by molar-refractivity contribution is 6.35. The van der Waals surface area contributed by atoms with Crippen molar-refractivity contribution in [2.75, 3.05) is 20.3 Å². The summed E-state index contributed by atoms with van der Waals surface area (Å²) in [5.41, 5.74) is 1.45. The van der Waals surface area contributed by atoms with E-state index in [1.165, 1.54) is 0 Å². The lowest BCUT2D eigenvalue weighted by Crippen LogP contribution is -2.25. The lowest BCUT2D eigenvalue weighted by atomic mass is 10.1. The van der Waals surface area contributed by atoms with Gasteiger partial charge in [-0.2, -0.15) is 0 Å². The van der Waals surface area contributed by atoms with Crippen LogP contribution in [-0.4, -0.2) is 26.2 Å². The molecule has 0 radical (unpaired) electrons. The van der Waals surface area contributed by atoms with Gasteiger partial charge in [0.15, 0.2) is 11.5 Å². The topological polar surface area (TPSA) is 47.6 Å². The molecular weight excluding hydrogens is 349 g/mol. The Hall–Kier alpha value is -1.91. The Labute approximate surface area is 151 Å². The minimum atomic E-state index is -0.179. The van der Waals surface area contributed by atoms with Gasteiger partial charge in [0.25, 0.3) is 5.91 Å². The molecule has 0 aliphatic rings. The molecule has 0 atom stereocenters. The molecule has 0 aliphatic carbocycles. The van der Waals surface area contributed by atoms with Gasteiger partial charge >= 0.3 is 0 Å². The predicted molar refractivity (Wildman–Crippen MR) is 96.7 cm³/mol. The third kappa shape index (κ3) is 4.79. The minimum Gasteiger partial charge on any atom is -0.493 e. The number of carbonyl (C=O) groups excluding carboxylic acids is 1. The van der Waals surface area contributed by atoms with E-state index in [1.54, 1.807) is 37.4 Å². The molecule has 0 aliphatic heterocycles. The van der Waals surface area contributed by atoms with Crippen LogP contribution in [0.15, 0.2) is 36.4 Å². The van der Waals surface area contributed by atoms with Crippen LogP contribution in [0.4, 0.5) is 0 Å². The average Bonchev–Trinajstić information content (AvgIpc) is 2.57. The first-order valence-electron chi connectivity index (χ1n) is 7.58.